The number of aromatic nitrogens is 1. The molecule has 0 atom stereocenters. The third-order valence-electron chi connectivity index (χ3n) is 2.16. The van der Waals surface area contributed by atoms with E-state index in [0.29, 0.717) is 21.5 Å². The Kier molecular flexibility index (Phi) is 3.39. The number of nitrogen functional groups attached to an aromatic ring is 1. The van der Waals surface area contributed by atoms with Crippen molar-refractivity contribution in [1.82, 2.24) is 4.98 Å². The van der Waals surface area contributed by atoms with Gasteiger partial charge in [-0.2, -0.15) is 0 Å². The molecule has 0 saturated carbocycles. The van der Waals surface area contributed by atoms with Gasteiger partial charge in [-0.05, 0) is 46.3 Å². The lowest BCUT2D eigenvalue weighted by Crippen LogP contribution is -2.12. The first kappa shape index (κ1) is 11.6. The molecule has 2 aromatic rings. The van der Waals surface area contributed by atoms with E-state index in [0.717, 1.165) is 0 Å². The normalized spacial score (nSPS) is 9.94. The molecule has 0 aliphatic rings. The fourth-order valence-electron chi connectivity index (χ4n) is 1.35. The number of carbonyl (C=O) groups excluding carboxylic acids is 1. The summed E-state index contributed by atoms with van der Waals surface area (Å²) in [6, 6.07) is 10.3. The monoisotopic (exact) mass is 291 g/mol. The van der Waals surface area contributed by atoms with Crippen molar-refractivity contribution < 1.29 is 4.79 Å². The highest BCUT2D eigenvalue weighted by Gasteiger charge is 2.08. The summed E-state index contributed by atoms with van der Waals surface area (Å²) in [5.41, 5.74) is 7.32. The van der Waals surface area contributed by atoms with Gasteiger partial charge in [-0.1, -0.05) is 6.07 Å². The summed E-state index contributed by atoms with van der Waals surface area (Å²) >= 11 is 3.26. The Morgan fingerprint density at radius 2 is 2.12 bits per heavy atom. The highest BCUT2D eigenvalue weighted by atomic mass is 79.9. The lowest BCUT2D eigenvalue weighted by Gasteiger charge is -2.06. The number of hydrogen-bond acceptors (Lipinski definition) is 3. The minimum atomic E-state index is -0.217. The summed E-state index contributed by atoms with van der Waals surface area (Å²) < 4.78 is 0.595. The van der Waals surface area contributed by atoms with Crippen LogP contribution in [0.25, 0.3) is 0 Å². The van der Waals surface area contributed by atoms with Crippen LogP contribution in [0.1, 0.15) is 10.4 Å². The number of pyridine rings is 1. The average molecular weight is 292 g/mol. The molecule has 1 amide bonds. The Morgan fingerprint density at radius 3 is 2.82 bits per heavy atom. The summed E-state index contributed by atoms with van der Waals surface area (Å²) in [6.45, 7) is 0. The third kappa shape index (κ3) is 2.82. The maximum atomic E-state index is 11.9. The maximum Gasteiger partial charge on any atom is 0.255 e. The van der Waals surface area contributed by atoms with Crippen molar-refractivity contribution >= 4 is 33.2 Å². The maximum absolute atomic E-state index is 11.9. The van der Waals surface area contributed by atoms with E-state index < -0.39 is 0 Å². The molecule has 1 aromatic heterocycles. The van der Waals surface area contributed by atoms with Gasteiger partial charge in [0.1, 0.15) is 4.60 Å². The van der Waals surface area contributed by atoms with Crippen molar-refractivity contribution in [3.63, 3.8) is 0 Å². The van der Waals surface area contributed by atoms with Gasteiger partial charge in [-0.3, -0.25) is 4.79 Å². The zero-order valence-electron chi connectivity index (χ0n) is 8.85. The Balaban J connectivity index is 2.20. The number of rotatable bonds is 2. The largest absolute Gasteiger partial charge is 0.399 e. The number of benzene rings is 1. The third-order valence-corrected chi connectivity index (χ3v) is 2.79. The van der Waals surface area contributed by atoms with Crippen LogP contribution in [0, 0.1) is 0 Å². The van der Waals surface area contributed by atoms with E-state index in [-0.39, 0.29) is 5.91 Å². The van der Waals surface area contributed by atoms with Crippen LogP contribution in [-0.2, 0) is 0 Å². The van der Waals surface area contributed by atoms with Gasteiger partial charge >= 0.3 is 0 Å². The van der Waals surface area contributed by atoms with E-state index in [1.165, 1.54) is 0 Å². The SMILES string of the molecule is Nc1cccc(C(=O)Nc2cccnc2Br)c1. The number of anilines is 2. The second-order valence-electron chi connectivity index (χ2n) is 3.42. The Labute approximate surface area is 107 Å². The van der Waals surface area contributed by atoms with Crippen molar-refractivity contribution in [2.75, 3.05) is 11.1 Å². The molecule has 1 heterocycles. The van der Waals surface area contributed by atoms with Crippen LogP contribution in [0.15, 0.2) is 47.2 Å². The zero-order valence-corrected chi connectivity index (χ0v) is 10.4. The van der Waals surface area contributed by atoms with E-state index in [1.54, 1.807) is 42.6 Å². The van der Waals surface area contributed by atoms with Crippen molar-refractivity contribution in [3.8, 4) is 0 Å². The Morgan fingerprint density at radius 1 is 1.29 bits per heavy atom. The summed E-state index contributed by atoms with van der Waals surface area (Å²) in [4.78, 5) is 15.9. The van der Waals surface area contributed by atoms with Crippen LogP contribution in [0.3, 0.4) is 0 Å². The van der Waals surface area contributed by atoms with E-state index in [2.05, 4.69) is 26.2 Å². The van der Waals surface area contributed by atoms with Gasteiger partial charge in [0.25, 0.3) is 5.91 Å². The lowest BCUT2D eigenvalue weighted by atomic mass is 10.2. The first-order valence-corrected chi connectivity index (χ1v) is 5.73. The van der Waals surface area contributed by atoms with Gasteiger partial charge in [0.05, 0.1) is 5.69 Å². The highest BCUT2D eigenvalue weighted by molar-refractivity contribution is 9.10. The topological polar surface area (TPSA) is 68.0 Å². The molecule has 0 aliphatic carbocycles. The molecule has 3 N–H and O–H groups in total. The second-order valence-corrected chi connectivity index (χ2v) is 4.17. The van der Waals surface area contributed by atoms with Crippen LogP contribution >= 0.6 is 15.9 Å². The van der Waals surface area contributed by atoms with Gasteiger partial charge in [0, 0.05) is 17.4 Å². The summed E-state index contributed by atoms with van der Waals surface area (Å²) in [7, 11) is 0. The zero-order chi connectivity index (χ0) is 12.3. The van der Waals surface area contributed by atoms with Gasteiger partial charge in [-0.25, -0.2) is 4.98 Å². The molecular formula is C12H10BrN3O. The van der Waals surface area contributed by atoms with Crippen LogP contribution < -0.4 is 11.1 Å². The first-order chi connectivity index (χ1) is 8.16. The molecule has 5 heteroatoms. The van der Waals surface area contributed by atoms with Crippen molar-refractivity contribution in [1.29, 1.82) is 0 Å². The van der Waals surface area contributed by atoms with Crippen LogP contribution in [0.2, 0.25) is 0 Å². The number of amides is 1. The number of nitrogens with one attached hydrogen (secondary N) is 1. The van der Waals surface area contributed by atoms with Crippen molar-refractivity contribution in [3.05, 3.63) is 52.8 Å². The van der Waals surface area contributed by atoms with Crippen LogP contribution in [0.4, 0.5) is 11.4 Å². The molecule has 17 heavy (non-hydrogen) atoms. The van der Waals surface area contributed by atoms with Gasteiger partial charge in [-0.15, -0.1) is 0 Å². The fraction of sp³-hybridized carbons (Fsp3) is 0. The lowest BCUT2D eigenvalue weighted by molar-refractivity contribution is 0.102. The molecule has 1 aromatic carbocycles. The standard InChI is InChI=1S/C12H10BrN3O/c13-11-10(5-2-6-15-11)16-12(17)8-3-1-4-9(14)7-8/h1-7H,14H2,(H,16,17). The molecule has 0 fully saturated rings. The molecule has 86 valence electrons. The van der Waals surface area contributed by atoms with Crippen molar-refractivity contribution in [2.45, 2.75) is 0 Å². The molecule has 2 rings (SSSR count). The number of halogens is 1. The summed E-state index contributed by atoms with van der Waals surface area (Å²) in [5, 5.41) is 2.75. The van der Waals surface area contributed by atoms with Crippen molar-refractivity contribution in [2.24, 2.45) is 0 Å². The molecule has 0 spiro atoms. The van der Waals surface area contributed by atoms with Crippen LogP contribution in [-0.4, -0.2) is 10.9 Å². The smallest absolute Gasteiger partial charge is 0.255 e. The minimum absolute atomic E-state index is 0.217. The van der Waals surface area contributed by atoms with Gasteiger partial charge in [0.2, 0.25) is 0 Å². The van der Waals surface area contributed by atoms with E-state index in [4.69, 9.17) is 5.73 Å². The van der Waals surface area contributed by atoms with Crippen LogP contribution in [0.5, 0.6) is 0 Å². The number of nitrogens with two attached hydrogens (primary N) is 1. The van der Waals surface area contributed by atoms with Gasteiger partial charge < -0.3 is 11.1 Å². The predicted molar refractivity (Wildman–Crippen MR) is 70.7 cm³/mol. The quantitative estimate of drug-likeness (QED) is 0.660. The summed E-state index contributed by atoms with van der Waals surface area (Å²) in [6.07, 6.45) is 1.64. The van der Waals surface area contributed by atoms with Gasteiger partial charge in [0.15, 0.2) is 0 Å². The second kappa shape index (κ2) is 4.97. The average Bonchev–Trinajstić information content (AvgIpc) is 2.32. The summed E-state index contributed by atoms with van der Waals surface area (Å²) in [5.74, 6) is -0.217. The Bertz CT molecular complexity index is 557. The molecular weight excluding hydrogens is 282 g/mol. The molecule has 0 unspecified atom stereocenters. The van der Waals surface area contributed by atoms with E-state index in [9.17, 15) is 4.79 Å². The number of carbonyl (C=O) groups is 1. The molecule has 4 nitrogen and oxygen atoms in total. The minimum Gasteiger partial charge on any atom is -0.399 e. The predicted octanol–water partition coefficient (Wildman–Crippen LogP) is 2.68. The fourth-order valence-corrected chi connectivity index (χ4v) is 1.70. The molecule has 0 radical (unpaired) electrons. The van der Waals surface area contributed by atoms with E-state index in [1.807, 2.05) is 0 Å². The molecule has 0 saturated heterocycles. The first-order valence-electron chi connectivity index (χ1n) is 4.94. The number of hydrogen-bond donors (Lipinski definition) is 2. The highest BCUT2D eigenvalue weighted by Crippen LogP contribution is 2.19. The Hall–Kier alpha value is -1.88. The van der Waals surface area contributed by atoms with E-state index >= 15 is 0 Å². The number of nitrogens with zero attached hydrogens (tertiary/aromatic N) is 1. The molecule has 0 bridgehead atoms. The molecule has 0 aliphatic heterocycles.